The normalized spacial score (nSPS) is 13.3. The number of carbonyl (C=O) groups excluding carboxylic acids is 3. The fourth-order valence-corrected chi connectivity index (χ4v) is 5.17. The summed E-state index contributed by atoms with van der Waals surface area (Å²) in [4.78, 5) is 37.5. The molecule has 0 aromatic rings. The van der Waals surface area contributed by atoms with E-state index in [-0.39, 0.29) is 32.0 Å². The van der Waals surface area contributed by atoms with Crippen molar-refractivity contribution in [1.29, 1.82) is 0 Å². The van der Waals surface area contributed by atoms with Gasteiger partial charge >= 0.3 is 17.9 Å². The van der Waals surface area contributed by atoms with Gasteiger partial charge < -0.3 is 14.2 Å². The Kier molecular flexibility index (Phi) is 40.3. The summed E-state index contributed by atoms with van der Waals surface area (Å²) in [5, 5.41) is 0. The molecule has 0 spiro atoms. The van der Waals surface area contributed by atoms with Gasteiger partial charge in [0.2, 0.25) is 0 Å². The monoisotopic (exact) mass is 773 g/mol. The van der Waals surface area contributed by atoms with Gasteiger partial charge in [0.05, 0.1) is 6.42 Å². The highest BCUT2D eigenvalue weighted by Gasteiger charge is 2.19. The molecule has 1 atom stereocenters. The summed E-state index contributed by atoms with van der Waals surface area (Å²) in [7, 11) is 0. The Hall–Kier alpha value is -4.19. The lowest BCUT2D eigenvalue weighted by atomic mass is 10.1. The van der Waals surface area contributed by atoms with Crippen molar-refractivity contribution in [1.82, 2.24) is 0 Å². The molecule has 0 rings (SSSR count). The van der Waals surface area contributed by atoms with Gasteiger partial charge in [-0.05, 0) is 70.6 Å². The molecular weight excluding hydrogens is 697 g/mol. The molecule has 0 aromatic heterocycles. The topological polar surface area (TPSA) is 78.9 Å². The Morgan fingerprint density at radius 1 is 0.411 bits per heavy atom. The number of carbonyl (C=O) groups is 3. The molecule has 0 bridgehead atoms. The number of allylic oxidation sites excluding steroid dienone is 19. The van der Waals surface area contributed by atoms with Crippen LogP contribution >= 0.6 is 0 Å². The fourth-order valence-electron chi connectivity index (χ4n) is 5.17. The zero-order chi connectivity index (χ0) is 40.8. The SMILES string of the molecule is CC\C=C/C=C\C=C/C=C\C=C/CCCC(=O)OC(COC(=O)C/C=C\C/C=C\C/C=C\CC)COC(=O)CCCCC/C=C\C=C/CCCCCCCCC. The lowest BCUT2D eigenvalue weighted by Gasteiger charge is -2.18. The van der Waals surface area contributed by atoms with Crippen molar-refractivity contribution in [3.63, 3.8) is 0 Å². The number of ether oxygens (including phenoxy) is 3. The van der Waals surface area contributed by atoms with Gasteiger partial charge in [-0.3, -0.25) is 14.4 Å². The molecule has 0 N–H and O–H groups in total. The summed E-state index contributed by atoms with van der Waals surface area (Å²) in [6, 6.07) is 0. The summed E-state index contributed by atoms with van der Waals surface area (Å²) >= 11 is 0. The van der Waals surface area contributed by atoms with Crippen molar-refractivity contribution >= 4 is 17.9 Å². The van der Waals surface area contributed by atoms with E-state index in [1.807, 2.05) is 60.8 Å². The third-order valence-electron chi connectivity index (χ3n) is 8.37. The van der Waals surface area contributed by atoms with Crippen LogP contribution in [0.25, 0.3) is 0 Å². The van der Waals surface area contributed by atoms with Crippen LogP contribution in [0, 0.1) is 0 Å². The van der Waals surface area contributed by atoms with Crippen molar-refractivity contribution in [2.75, 3.05) is 13.2 Å². The maximum absolute atomic E-state index is 12.6. The fraction of sp³-hybridized carbons (Fsp3) is 0.540. The zero-order valence-electron chi connectivity index (χ0n) is 35.3. The number of rotatable bonds is 36. The van der Waals surface area contributed by atoms with Crippen molar-refractivity contribution in [2.45, 2.75) is 162 Å². The lowest BCUT2D eigenvalue weighted by Crippen LogP contribution is -2.30. The number of hydrogen-bond donors (Lipinski definition) is 0. The van der Waals surface area contributed by atoms with Crippen LogP contribution in [0.3, 0.4) is 0 Å². The highest BCUT2D eigenvalue weighted by atomic mass is 16.6. The standard InChI is InChI=1S/C50H76O6/c1-4-7-10-13-16-19-21-23-24-25-27-28-31-34-37-40-43-49(52)55-46-47(45-54-48(51)42-39-36-33-30-18-15-12-9-6-3)56-50(53)44-41-38-35-32-29-26-22-20-17-14-11-8-5-2/h8-9,11-12,14,17-18,20,22,24-30,32,35-36,39,47H,4-7,10,13,15-16,19,21,23,31,33-34,37-38,40-46H2,1-3H3/b11-8-,12-9-,17-14-,22-20-,25-24-,28-27-,29-26-,30-18-,35-32-,39-36-. The van der Waals surface area contributed by atoms with E-state index in [4.69, 9.17) is 14.2 Å². The van der Waals surface area contributed by atoms with Crippen LogP contribution in [-0.4, -0.2) is 37.2 Å². The van der Waals surface area contributed by atoms with Gasteiger partial charge in [-0.15, -0.1) is 0 Å². The predicted molar refractivity (Wildman–Crippen MR) is 237 cm³/mol. The van der Waals surface area contributed by atoms with E-state index in [2.05, 4.69) is 75.5 Å². The van der Waals surface area contributed by atoms with Gasteiger partial charge in [0.15, 0.2) is 6.10 Å². The van der Waals surface area contributed by atoms with E-state index in [0.29, 0.717) is 19.3 Å². The molecule has 0 fully saturated rings. The average molecular weight is 773 g/mol. The molecule has 0 saturated heterocycles. The van der Waals surface area contributed by atoms with E-state index in [0.717, 1.165) is 57.8 Å². The quantitative estimate of drug-likeness (QED) is 0.0207. The second-order valence-corrected chi connectivity index (χ2v) is 13.7. The maximum Gasteiger partial charge on any atom is 0.309 e. The average Bonchev–Trinajstić information content (AvgIpc) is 3.19. The molecular formula is C50H76O6. The summed E-state index contributed by atoms with van der Waals surface area (Å²) in [5.74, 6) is -1.20. The number of esters is 3. The number of unbranched alkanes of at least 4 members (excludes halogenated alkanes) is 11. The minimum Gasteiger partial charge on any atom is -0.462 e. The molecule has 0 aromatic carbocycles. The van der Waals surface area contributed by atoms with Crippen LogP contribution in [0.4, 0.5) is 0 Å². The molecule has 56 heavy (non-hydrogen) atoms. The van der Waals surface area contributed by atoms with Gasteiger partial charge in [0.1, 0.15) is 13.2 Å². The highest BCUT2D eigenvalue weighted by molar-refractivity contribution is 5.72. The minimum atomic E-state index is -0.862. The first-order chi connectivity index (χ1) is 27.5. The van der Waals surface area contributed by atoms with Crippen molar-refractivity contribution < 1.29 is 28.6 Å². The van der Waals surface area contributed by atoms with Crippen molar-refractivity contribution in [3.05, 3.63) is 122 Å². The molecule has 0 aliphatic heterocycles. The van der Waals surface area contributed by atoms with Gasteiger partial charge in [-0.25, -0.2) is 0 Å². The van der Waals surface area contributed by atoms with Crippen LogP contribution in [0.15, 0.2) is 122 Å². The smallest absolute Gasteiger partial charge is 0.309 e. The maximum atomic E-state index is 12.6. The lowest BCUT2D eigenvalue weighted by molar-refractivity contribution is -0.166. The van der Waals surface area contributed by atoms with Crippen LogP contribution < -0.4 is 0 Å². The molecule has 0 heterocycles. The molecule has 0 radical (unpaired) electrons. The summed E-state index contributed by atoms with van der Waals surface area (Å²) in [6.07, 6.45) is 59.4. The number of hydrogen-bond acceptors (Lipinski definition) is 6. The summed E-state index contributed by atoms with van der Waals surface area (Å²) < 4.78 is 16.4. The first-order valence-corrected chi connectivity index (χ1v) is 21.6. The Morgan fingerprint density at radius 2 is 0.857 bits per heavy atom. The zero-order valence-corrected chi connectivity index (χ0v) is 35.3. The van der Waals surface area contributed by atoms with E-state index >= 15 is 0 Å². The van der Waals surface area contributed by atoms with Crippen molar-refractivity contribution in [2.24, 2.45) is 0 Å². The van der Waals surface area contributed by atoms with Gasteiger partial charge in [-0.2, -0.15) is 0 Å². The summed E-state index contributed by atoms with van der Waals surface area (Å²) in [5.41, 5.74) is 0. The molecule has 0 amide bonds. The Bertz CT molecular complexity index is 1260. The van der Waals surface area contributed by atoms with Gasteiger partial charge in [-0.1, -0.05) is 187 Å². The van der Waals surface area contributed by atoms with Crippen molar-refractivity contribution in [3.8, 4) is 0 Å². The molecule has 6 nitrogen and oxygen atoms in total. The van der Waals surface area contributed by atoms with E-state index < -0.39 is 18.0 Å². The van der Waals surface area contributed by atoms with Gasteiger partial charge in [0.25, 0.3) is 0 Å². The molecule has 1 unspecified atom stereocenters. The van der Waals surface area contributed by atoms with Crippen LogP contribution in [-0.2, 0) is 28.6 Å². The third kappa shape index (κ3) is 41.0. The minimum absolute atomic E-state index is 0.109. The first kappa shape index (κ1) is 51.8. The van der Waals surface area contributed by atoms with E-state index in [1.54, 1.807) is 6.08 Å². The Balaban J connectivity index is 4.61. The molecule has 0 aliphatic carbocycles. The molecule has 312 valence electrons. The highest BCUT2D eigenvalue weighted by Crippen LogP contribution is 2.10. The third-order valence-corrected chi connectivity index (χ3v) is 8.37. The largest absolute Gasteiger partial charge is 0.462 e. The predicted octanol–water partition coefficient (Wildman–Crippen LogP) is 13.8. The molecule has 0 saturated carbocycles. The first-order valence-electron chi connectivity index (χ1n) is 21.6. The van der Waals surface area contributed by atoms with Crippen LogP contribution in [0.5, 0.6) is 0 Å². The summed E-state index contributed by atoms with van der Waals surface area (Å²) in [6.45, 7) is 6.14. The molecule has 0 aliphatic rings. The van der Waals surface area contributed by atoms with Crippen LogP contribution in [0.1, 0.15) is 156 Å². The van der Waals surface area contributed by atoms with Crippen LogP contribution in [0.2, 0.25) is 0 Å². The van der Waals surface area contributed by atoms with E-state index in [1.165, 1.54) is 44.9 Å². The Labute approximate surface area is 342 Å². The second-order valence-electron chi connectivity index (χ2n) is 13.7. The van der Waals surface area contributed by atoms with Gasteiger partial charge in [0, 0.05) is 12.8 Å². The Morgan fingerprint density at radius 3 is 1.46 bits per heavy atom. The molecule has 6 heteroatoms. The second kappa shape index (κ2) is 43.5. The van der Waals surface area contributed by atoms with E-state index in [9.17, 15) is 14.4 Å².